The summed E-state index contributed by atoms with van der Waals surface area (Å²) in [6, 6.07) is 5.24. The molecule has 1 aromatic rings. The molecule has 0 radical (unpaired) electrons. The van der Waals surface area contributed by atoms with Crippen LogP contribution in [0.5, 0.6) is 5.75 Å². The lowest BCUT2D eigenvalue weighted by Gasteiger charge is -2.13. The van der Waals surface area contributed by atoms with Crippen LogP contribution < -0.4 is 4.74 Å². The summed E-state index contributed by atoms with van der Waals surface area (Å²) in [7, 11) is 0. The molecule has 15 heavy (non-hydrogen) atoms. The van der Waals surface area contributed by atoms with Crippen LogP contribution >= 0.6 is 23.2 Å². The van der Waals surface area contributed by atoms with Crippen molar-refractivity contribution in [1.29, 1.82) is 0 Å². The van der Waals surface area contributed by atoms with E-state index in [0.717, 1.165) is 5.56 Å². The van der Waals surface area contributed by atoms with Gasteiger partial charge in [0.2, 0.25) is 0 Å². The second-order valence-corrected chi connectivity index (χ2v) is 4.01. The summed E-state index contributed by atoms with van der Waals surface area (Å²) in [4.78, 5) is 10.9. The van der Waals surface area contributed by atoms with Crippen molar-refractivity contribution in [3.8, 4) is 5.75 Å². The van der Waals surface area contributed by atoms with Crippen LogP contribution in [0.4, 0.5) is 0 Å². The number of hydrogen-bond acceptors (Lipinski definition) is 2. The Morgan fingerprint density at radius 3 is 2.67 bits per heavy atom. The van der Waals surface area contributed by atoms with Crippen molar-refractivity contribution in [1.82, 2.24) is 0 Å². The molecular weight excluding hydrogens is 235 g/mol. The third-order valence-corrected chi connectivity index (χ3v) is 2.70. The summed E-state index contributed by atoms with van der Waals surface area (Å²) in [5.74, 6) is 0.609. The zero-order valence-electron chi connectivity index (χ0n) is 8.59. The predicted octanol–water partition coefficient (Wildman–Crippen LogP) is 3.57. The van der Waals surface area contributed by atoms with E-state index in [2.05, 4.69) is 0 Å². The second kappa shape index (κ2) is 5.38. The van der Waals surface area contributed by atoms with Crippen molar-refractivity contribution in [3.63, 3.8) is 0 Å². The van der Waals surface area contributed by atoms with Crippen molar-refractivity contribution >= 4 is 28.4 Å². The summed E-state index contributed by atoms with van der Waals surface area (Å²) in [5.41, 5.74) is 0.908. The molecule has 0 fully saturated rings. The van der Waals surface area contributed by atoms with Gasteiger partial charge in [0.05, 0.1) is 0 Å². The van der Waals surface area contributed by atoms with Crippen molar-refractivity contribution in [2.24, 2.45) is 0 Å². The Bertz CT molecular complexity index is 364. The average molecular weight is 247 g/mol. The van der Waals surface area contributed by atoms with E-state index in [4.69, 9.17) is 27.9 Å². The van der Waals surface area contributed by atoms with Gasteiger partial charge in [-0.3, -0.25) is 4.79 Å². The summed E-state index contributed by atoms with van der Waals surface area (Å²) in [6.45, 7) is 3.71. The lowest BCUT2D eigenvalue weighted by Crippen LogP contribution is -2.22. The fraction of sp³-hybridized carbons (Fsp3) is 0.364. The number of rotatable bonds is 4. The Labute approximate surface area is 99.1 Å². The molecule has 0 aliphatic heterocycles. The second-order valence-electron chi connectivity index (χ2n) is 3.23. The zero-order chi connectivity index (χ0) is 11.4. The molecule has 0 spiro atoms. The van der Waals surface area contributed by atoms with E-state index in [1.54, 1.807) is 18.2 Å². The number of carbonyl (C=O) groups is 1. The van der Waals surface area contributed by atoms with Crippen molar-refractivity contribution in [2.45, 2.75) is 26.4 Å². The molecule has 0 aromatic heterocycles. The van der Waals surface area contributed by atoms with Crippen LogP contribution in [0.3, 0.4) is 0 Å². The van der Waals surface area contributed by atoms with Gasteiger partial charge in [-0.05, 0) is 48.7 Å². The molecule has 0 bridgehead atoms. The molecule has 82 valence electrons. The molecule has 0 aliphatic carbocycles. The van der Waals surface area contributed by atoms with Gasteiger partial charge < -0.3 is 4.74 Å². The molecule has 1 atom stereocenters. The smallest absolute Gasteiger partial charge is 0.262 e. The van der Waals surface area contributed by atoms with E-state index in [-0.39, 0.29) is 0 Å². The minimum atomic E-state index is -0.591. The molecule has 0 heterocycles. The average Bonchev–Trinajstić information content (AvgIpc) is 2.19. The molecule has 1 aromatic carbocycles. The van der Waals surface area contributed by atoms with E-state index in [0.29, 0.717) is 17.2 Å². The standard InChI is InChI=1S/C11H12Cl2O2/c1-3-10(11(13)14)15-8-4-5-9(12)7(2)6-8/h4-6,10H,3H2,1-2H3. The molecule has 0 aliphatic rings. The third kappa shape index (κ3) is 3.40. The van der Waals surface area contributed by atoms with E-state index >= 15 is 0 Å². The summed E-state index contributed by atoms with van der Waals surface area (Å²) >= 11 is 11.2. The van der Waals surface area contributed by atoms with Gasteiger partial charge in [0.25, 0.3) is 5.24 Å². The molecule has 4 heteroatoms. The fourth-order valence-electron chi connectivity index (χ4n) is 1.14. The van der Waals surface area contributed by atoms with Gasteiger partial charge in [0, 0.05) is 5.02 Å². The summed E-state index contributed by atoms with van der Waals surface area (Å²) in [6.07, 6.45) is -0.0449. The first-order valence-corrected chi connectivity index (χ1v) is 5.42. The Morgan fingerprint density at radius 2 is 2.20 bits per heavy atom. The fourth-order valence-corrected chi connectivity index (χ4v) is 1.46. The number of halogens is 2. The maximum atomic E-state index is 10.9. The highest BCUT2D eigenvalue weighted by molar-refractivity contribution is 6.64. The SMILES string of the molecule is CCC(Oc1ccc(Cl)c(C)c1)C(=O)Cl. The quantitative estimate of drug-likeness (QED) is 0.760. The first-order valence-electron chi connectivity index (χ1n) is 4.66. The van der Waals surface area contributed by atoms with Crippen molar-refractivity contribution < 1.29 is 9.53 Å². The highest BCUT2D eigenvalue weighted by Gasteiger charge is 2.15. The maximum Gasteiger partial charge on any atom is 0.262 e. The van der Waals surface area contributed by atoms with Gasteiger partial charge in [-0.25, -0.2) is 0 Å². The Kier molecular flexibility index (Phi) is 4.43. The lowest BCUT2D eigenvalue weighted by atomic mass is 10.2. The normalized spacial score (nSPS) is 12.3. The van der Waals surface area contributed by atoms with Gasteiger partial charge in [0.15, 0.2) is 6.10 Å². The van der Waals surface area contributed by atoms with Crippen LogP contribution in [0.15, 0.2) is 18.2 Å². The lowest BCUT2D eigenvalue weighted by molar-refractivity contribution is -0.117. The Hall–Kier alpha value is -0.730. The van der Waals surface area contributed by atoms with Gasteiger partial charge in [-0.2, -0.15) is 0 Å². The molecule has 2 nitrogen and oxygen atoms in total. The molecule has 0 amide bonds. The Balaban J connectivity index is 2.80. The Morgan fingerprint density at radius 1 is 1.53 bits per heavy atom. The maximum absolute atomic E-state index is 10.9. The van der Waals surface area contributed by atoms with Crippen molar-refractivity contribution in [2.75, 3.05) is 0 Å². The number of ether oxygens (including phenoxy) is 1. The van der Waals surface area contributed by atoms with Crippen LogP contribution in [0.25, 0.3) is 0 Å². The van der Waals surface area contributed by atoms with Gasteiger partial charge in [-0.15, -0.1) is 0 Å². The van der Waals surface area contributed by atoms with Crippen molar-refractivity contribution in [3.05, 3.63) is 28.8 Å². The first kappa shape index (κ1) is 12.3. The third-order valence-electron chi connectivity index (χ3n) is 2.03. The summed E-state index contributed by atoms with van der Waals surface area (Å²) < 4.78 is 5.42. The van der Waals surface area contributed by atoms with Crippen LogP contribution in [-0.4, -0.2) is 11.3 Å². The highest BCUT2D eigenvalue weighted by atomic mass is 35.5. The topological polar surface area (TPSA) is 26.3 Å². The van der Waals surface area contributed by atoms with Gasteiger partial charge >= 0.3 is 0 Å². The summed E-state index contributed by atoms with van der Waals surface area (Å²) in [5, 5.41) is 0.192. The minimum absolute atomic E-state index is 0.481. The molecular formula is C11H12Cl2O2. The molecule has 1 unspecified atom stereocenters. The molecule has 0 saturated carbocycles. The number of aryl methyl sites for hydroxylation is 1. The predicted molar refractivity (Wildman–Crippen MR) is 61.8 cm³/mol. The van der Waals surface area contributed by atoms with Gasteiger partial charge in [0.1, 0.15) is 5.75 Å². The first-order chi connectivity index (χ1) is 7.04. The molecule has 0 N–H and O–H groups in total. The highest BCUT2D eigenvalue weighted by Crippen LogP contribution is 2.22. The van der Waals surface area contributed by atoms with Gasteiger partial charge in [-0.1, -0.05) is 18.5 Å². The van der Waals surface area contributed by atoms with Crippen LogP contribution in [0, 0.1) is 6.92 Å². The largest absolute Gasteiger partial charge is 0.481 e. The van der Waals surface area contributed by atoms with Crippen LogP contribution in [0.2, 0.25) is 5.02 Å². The van der Waals surface area contributed by atoms with Crippen LogP contribution in [0.1, 0.15) is 18.9 Å². The zero-order valence-corrected chi connectivity index (χ0v) is 10.1. The van der Waals surface area contributed by atoms with E-state index in [9.17, 15) is 4.79 Å². The number of hydrogen-bond donors (Lipinski definition) is 0. The minimum Gasteiger partial charge on any atom is -0.481 e. The molecule has 0 saturated heterocycles. The van der Waals surface area contributed by atoms with E-state index in [1.165, 1.54) is 0 Å². The van der Waals surface area contributed by atoms with E-state index in [1.807, 2.05) is 13.8 Å². The molecule has 1 rings (SSSR count). The van der Waals surface area contributed by atoms with Crippen LogP contribution in [-0.2, 0) is 4.79 Å². The number of carbonyl (C=O) groups excluding carboxylic acids is 1. The van der Waals surface area contributed by atoms with E-state index < -0.39 is 11.3 Å². The monoisotopic (exact) mass is 246 g/mol. The number of benzene rings is 1.